The van der Waals surface area contributed by atoms with Crippen molar-refractivity contribution < 1.29 is 16.8 Å². The lowest BCUT2D eigenvalue weighted by atomic mass is 10.0. The van der Waals surface area contributed by atoms with Crippen molar-refractivity contribution in [3.8, 4) is 0 Å². The molecular formula is C14H21ClN2O4S2. The first-order valence-electron chi connectivity index (χ1n) is 7.32. The SMILES string of the molecule is CS(=O)(=O)c1ccc(S(=O)(=O)NC2CC3CCC(C2)N3)cc1.Cl. The molecule has 2 bridgehead atoms. The fraction of sp³-hybridized carbons (Fsp3) is 0.571. The van der Waals surface area contributed by atoms with Crippen LogP contribution < -0.4 is 10.0 Å². The van der Waals surface area contributed by atoms with Crippen LogP contribution in [0.25, 0.3) is 0 Å². The van der Waals surface area contributed by atoms with Gasteiger partial charge in [0.05, 0.1) is 9.79 Å². The van der Waals surface area contributed by atoms with Gasteiger partial charge in [-0.15, -0.1) is 12.4 Å². The van der Waals surface area contributed by atoms with Gasteiger partial charge in [0, 0.05) is 24.4 Å². The normalized spacial score (nSPS) is 27.4. The minimum atomic E-state index is -3.61. The minimum Gasteiger partial charge on any atom is -0.311 e. The molecule has 6 nitrogen and oxygen atoms in total. The van der Waals surface area contributed by atoms with Gasteiger partial charge in [-0.05, 0) is 49.9 Å². The number of benzene rings is 1. The van der Waals surface area contributed by atoms with Crippen LogP contribution in [0, 0.1) is 0 Å². The highest BCUT2D eigenvalue weighted by molar-refractivity contribution is 7.90. The lowest BCUT2D eigenvalue weighted by molar-refractivity contribution is 0.345. The lowest BCUT2D eigenvalue weighted by Gasteiger charge is -2.29. The van der Waals surface area contributed by atoms with Crippen molar-refractivity contribution in [3.05, 3.63) is 24.3 Å². The molecule has 0 radical (unpaired) electrons. The molecule has 2 saturated heterocycles. The minimum absolute atomic E-state index is 0. The summed E-state index contributed by atoms with van der Waals surface area (Å²) in [7, 11) is -6.94. The van der Waals surface area contributed by atoms with Gasteiger partial charge in [-0.3, -0.25) is 0 Å². The number of fused-ring (bicyclic) bond motifs is 2. The lowest BCUT2D eigenvalue weighted by Crippen LogP contribution is -2.47. The molecule has 2 unspecified atom stereocenters. The van der Waals surface area contributed by atoms with E-state index in [0.29, 0.717) is 12.1 Å². The van der Waals surface area contributed by atoms with Crippen LogP contribution in [0.15, 0.2) is 34.1 Å². The molecule has 0 saturated carbocycles. The average Bonchev–Trinajstić information content (AvgIpc) is 2.77. The molecule has 1 aromatic carbocycles. The maximum Gasteiger partial charge on any atom is 0.240 e. The fourth-order valence-corrected chi connectivity index (χ4v) is 5.20. The summed E-state index contributed by atoms with van der Waals surface area (Å²) in [5.74, 6) is 0. The van der Waals surface area contributed by atoms with Crippen LogP contribution in [-0.4, -0.2) is 41.2 Å². The number of sulfonamides is 1. The first kappa shape index (κ1) is 18.7. The molecule has 2 aliphatic heterocycles. The van der Waals surface area contributed by atoms with E-state index in [1.54, 1.807) is 0 Å². The van der Waals surface area contributed by atoms with Crippen LogP contribution in [0.2, 0.25) is 0 Å². The van der Waals surface area contributed by atoms with Gasteiger partial charge in [-0.1, -0.05) is 0 Å². The molecule has 0 amide bonds. The summed E-state index contributed by atoms with van der Waals surface area (Å²) in [4.78, 5) is 0.220. The number of hydrogen-bond acceptors (Lipinski definition) is 5. The second-order valence-electron chi connectivity index (χ2n) is 6.17. The summed E-state index contributed by atoms with van der Waals surface area (Å²) >= 11 is 0. The largest absolute Gasteiger partial charge is 0.311 e. The Balaban J connectivity index is 0.00000192. The van der Waals surface area contributed by atoms with E-state index in [-0.39, 0.29) is 28.2 Å². The van der Waals surface area contributed by atoms with Crippen molar-refractivity contribution >= 4 is 32.3 Å². The predicted molar refractivity (Wildman–Crippen MR) is 90.1 cm³/mol. The van der Waals surface area contributed by atoms with Crippen LogP contribution in [0.1, 0.15) is 25.7 Å². The zero-order valence-electron chi connectivity index (χ0n) is 12.7. The molecule has 2 atom stereocenters. The predicted octanol–water partition coefficient (Wildman–Crippen LogP) is 1.07. The highest BCUT2D eigenvalue weighted by Gasteiger charge is 2.35. The molecule has 0 aliphatic carbocycles. The van der Waals surface area contributed by atoms with Crippen molar-refractivity contribution in [2.24, 2.45) is 0 Å². The molecule has 3 rings (SSSR count). The molecule has 2 heterocycles. The molecule has 2 fully saturated rings. The van der Waals surface area contributed by atoms with Crippen LogP contribution in [0.5, 0.6) is 0 Å². The number of rotatable bonds is 4. The molecule has 2 aliphatic rings. The van der Waals surface area contributed by atoms with E-state index in [0.717, 1.165) is 31.9 Å². The molecule has 130 valence electrons. The van der Waals surface area contributed by atoms with Crippen molar-refractivity contribution in [3.63, 3.8) is 0 Å². The summed E-state index contributed by atoms with van der Waals surface area (Å²) in [6.45, 7) is 0. The van der Waals surface area contributed by atoms with E-state index in [1.807, 2.05) is 0 Å². The van der Waals surface area contributed by atoms with E-state index >= 15 is 0 Å². The summed E-state index contributed by atoms with van der Waals surface area (Å²) in [5, 5.41) is 3.47. The Labute approximate surface area is 143 Å². The Morgan fingerprint density at radius 1 is 0.957 bits per heavy atom. The maximum absolute atomic E-state index is 12.4. The third kappa shape index (κ3) is 4.24. The van der Waals surface area contributed by atoms with Gasteiger partial charge in [0.2, 0.25) is 10.0 Å². The van der Waals surface area contributed by atoms with Crippen molar-refractivity contribution in [2.75, 3.05) is 6.26 Å². The number of sulfone groups is 1. The Hall–Kier alpha value is -0.670. The topological polar surface area (TPSA) is 92.3 Å². The highest BCUT2D eigenvalue weighted by atomic mass is 35.5. The van der Waals surface area contributed by atoms with Gasteiger partial charge in [0.1, 0.15) is 0 Å². The smallest absolute Gasteiger partial charge is 0.240 e. The Morgan fingerprint density at radius 2 is 1.43 bits per heavy atom. The molecular weight excluding hydrogens is 360 g/mol. The van der Waals surface area contributed by atoms with E-state index in [1.165, 1.54) is 24.3 Å². The second kappa shape index (κ2) is 6.68. The van der Waals surface area contributed by atoms with Crippen molar-refractivity contribution in [1.29, 1.82) is 0 Å². The highest BCUT2D eigenvalue weighted by Crippen LogP contribution is 2.27. The molecule has 0 aromatic heterocycles. The van der Waals surface area contributed by atoms with E-state index in [2.05, 4.69) is 10.0 Å². The summed E-state index contributed by atoms with van der Waals surface area (Å²) in [6, 6.07) is 6.09. The van der Waals surface area contributed by atoms with Gasteiger partial charge in [0.25, 0.3) is 0 Å². The Kier molecular flexibility index (Phi) is 5.42. The summed E-state index contributed by atoms with van der Waals surface area (Å²) in [6.07, 6.45) is 4.91. The average molecular weight is 381 g/mol. The van der Waals surface area contributed by atoms with E-state index < -0.39 is 19.9 Å². The summed E-state index contributed by atoms with van der Waals surface area (Å²) < 4.78 is 50.4. The van der Waals surface area contributed by atoms with Crippen LogP contribution >= 0.6 is 12.4 Å². The zero-order valence-corrected chi connectivity index (χ0v) is 15.2. The first-order valence-corrected chi connectivity index (χ1v) is 10.7. The second-order valence-corrected chi connectivity index (χ2v) is 9.90. The van der Waals surface area contributed by atoms with Crippen molar-refractivity contribution in [1.82, 2.24) is 10.0 Å². The maximum atomic E-state index is 12.4. The van der Waals surface area contributed by atoms with Crippen LogP contribution in [-0.2, 0) is 19.9 Å². The summed E-state index contributed by atoms with van der Waals surface area (Å²) in [5.41, 5.74) is 0. The number of piperidine rings is 1. The third-order valence-electron chi connectivity index (χ3n) is 4.36. The zero-order chi connectivity index (χ0) is 16.0. The number of nitrogens with one attached hydrogen (secondary N) is 2. The monoisotopic (exact) mass is 380 g/mol. The molecule has 23 heavy (non-hydrogen) atoms. The van der Waals surface area contributed by atoms with Crippen LogP contribution in [0.3, 0.4) is 0 Å². The molecule has 1 aromatic rings. The van der Waals surface area contributed by atoms with Gasteiger partial charge in [-0.25, -0.2) is 21.6 Å². The standard InChI is InChI=1S/C14H20N2O4S2.ClH/c1-21(17,18)13-4-6-14(7-5-13)22(19,20)16-12-8-10-2-3-11(9-12)15-10;/h4-7,10-12,15-16H,2-3,8-9H2,1H3;1H. The van der Waals surface area contributed by atoms with E-state index in [4.69, 9.17) is 0 Å². The fourth-order valence-electron chi connectivity index (χ4n) is 3.31. The quantitative estimate of drug-likeness (QED) is 0.815. The Bertz CT molecular complexity index is 750. The van der Waals surface area contributed by atoms with Crippen molar-refractivity contribution in [2.45, 2.75) is 53.6 Å². The number of halogens is 1. The van der Waals surface area contributed by atoms with E-state index in [9.17, 15) is 16.8 Å². The Morgan fingerprint density at radius 3 is 1.91 bits per heavy atom. The van der Waals surface area contributed by atoms with Gasteiger partial charge < -0.3 is 5.32 Å². The molecule has 2 N–H and O–H groups in total. The van der Waals surface area contributed by atoms with Gasteiger partial charge in [0.15, 0.2) is 9.84 Å². The first-order chi connectivity index (χ1) is 10.2. The van der Waals surface area contributed by atoms with Gasteiger partial charge in [-0.2, -0.15) is 0 Å². The van der Waals surface area contributed by atoms with Gasteiger partial charge >= 0.3 is 0 Å². The van der Waals surface area contributed by atoms with Crippen LogP contribution in [0.4, 0.5) is 0 Å². The number of hydrogen-bond donors (Lipinski definition) is 2. The molecule has 9 heteroatoms. The third-order valence-corrected chi connectivity index (χ3v) is 7.02. The molecule has 0 spiro atoms.